The molecule has 5 nitrogen and oxygen atoms in total. The molecule has 1 fully saturated rings. The smallest absolute Gasteiger partial charge is 0.177 e. The summed E-state index contributed by atoms with van der Waals surface area (Å²) in [4.78, 5) is 9.53. The average Bonchev–Trinajstić information content (AvgIpc) is 3.34. The van der Waals surface area contributed by atoms with Gasteiger partial charge in [-0.25, -0.2) is 14.7 Å². The second-order valence-electron chi connectivity index (χ2n) is 5.95. The Morgan fingerprint density at radius 3 is 2.61 bits per heavy atom. The SMILES string of the molecule is c1ccc2c(c1)cnc1ccccc1nc1c(C3CC3)n[nH]n12. The average molecular weight is 301 g/mol. The second kappa shape index (κ2) is 4.78. The van der Waals surface area contributed by atoms with Crippen LogP contribution in [0.1, 0.15) is 24.5 Å². The number of para-hydroxylation sites is 3. The summed E-state index contributed by atoms with van der Waals surface area (Å²) in [6.45, 7) is 0. The van der Waals surface area contributed by atoms with Crippen LogP contribution in [0.15, 0.2) is 54.7 Å². The zero-order valence-corrected chi connectivity index (χ0v) is 12.5. The summed E-state index contributed by atoms with van der Waals surface area (Å²) in [5.74, 6) is 0.521. The van der Waals surface area contributed by atoms with E-state index < -0.39 is 0 Å². The minimum Gasteiger partial charge on any atom is -0.254 e. The highest BCUT2D eigenvalue weighted by Gasteiger charge is 2.29. The zero-order chi connectivity index (χ0) is 15.2. The van der Waals surface area contributed by atoms with Gasteiger partial charge in [0, 0.05) is 17.5 Å². The first kappa shape index (κ1) is 12.6. The van der Waals surface area contributed by atoms with Crippen LogP contribution in [0.25, 0.3) is 27.6 Å². The summed E-state index contributed by atoms with van der Waals surface area (Å²) in [6.07, 6.45) is 4.27. The molecule has 0 aliphatic heterocycles. The number of hydrogen-bond acceptors (Lipinski definition) is 3. The van der Waals surface area contributed by atoms with Gasteiger partial charge in [-0.2, -0.15) is 5.10 Å². The number of H-pyrrole nitrogens is 1. The lowest BCUT2D eigenvalue weighted by molar-refractivity contribution is 0.859. The van der Waals surface area contributed by atoms with Gasteiger partial charge in [0.15, 0.2) is 5.65 Å². The van der Waals surface area contributed by atoms with Crippen molar-refractivity contribution >= 4 is 27.6 Å². The third-order valence-electron chi connectivity index (χ3n) is 4.30. The number of rotatable bonds is 1. The number of nitrogens with one attached hydrogen (secondary N) is 1. The van der Waals surface area contributed by atoms with Gasteiger partial charge >= 0.3 is 0 Å². The largest absolute Gasteiger partial charge is 0.254 e. The Morgan fingerprint density at radius 2 is 1.74 bits per heavy atom. The van der Waals surface area contributed by atoms with Crippen molar-refractivity contribution in [1.82, 2.24) is 24.8 Å². The van der Waals surface area contributed by atoms with E-state index in [4.69, 9.17) is 4.98 Å². The molecule has 0 amide bonds. The number of hydrogen-bond donors (Lipinski definition) is 1. The van der Waals surface area contributed by atoms with E-state index in [1.54, 1.807) is 0 Å². The summed E-state index contributed by atoms with van der Waals surface area (Å²) < 4.78 is 1.97. The lowest BCUT2D eigenvalue weighted by Crippen LogP contribution is -1.89. The molecule has 5 heteroatoms. The Labute approximate surface area is 132 Å². The number of benzene rings is 2. The fraction of sp³-hybridized carbons (Fsp3) is 0.167. The van der Waals surface area contributed by atoms with Gasteiger partial charge in [-0.3, -0.25) is 4.98 Å². The van der Waals surface area contributed by atoms with Gasteiger partial charge < -0.3 is 0 Å². The molecule has 23 heavy (non-hydrogen) atoms. The van der Waals surface area contributed by atoms with Crippen LogP contribution in [0.2, 0.25) is 0 Å². The van der Waals surface area contributed by atoms with E-state index in [-0.39, 0.29) is 0 Å². The van der Waals surface area contributed by atoms with Crippen LogP contribution in [0.3, 0.4) is 0 Å². The van der Waals surface area contributed by atoms with E-state index >= 15 is 0 Å². The van der Waals surface area contributed by atoms with E-state index in [0.29, 0.717) is 5.92 Å². The number of fused-ring (bicyclic) bond motifs is 4. The molecule has 0 bridgehead atoms. The fourth-order valence-corrected chi connectivity index (χ4v) is 2.94. The Kier molecular flexibility index (Phi) is 2.61. The van der Waals surface area contributed by atoms with Crippen LogP contribution in [0.4, 0.5) is 0 Å². The van der Waals surface area contributed by atoms with Crippen molar-refractivity contribution in [2.24, 2.45) is 0 Å². The van der Waals surface area contributed by atoms with Gasteiger partial charge in [-0.05, 0) is 31.0 Å². The van der Waals surface area contributed by atoms with E-state index in [1.807, 2.05) is 47.1 Å². The highest BCUT2D eigenvalue weighted by Crippen LogP contribution is 2.40. The Balaban J connectivity index is 2.06. The third-order valence-corrected chi connectivity index (χ3v) is 4.30. The predicted octanol–water partition coefficient (Wildman–Crippen LogP) is 3.76. The zero-order valence-electron chi connectivity index (χ0n) is 12.5. The van der Waals surface area contributed by atoms with Crippen molar-refractivity contribution in [3.05, 3.63) is 60.4 Å². The molecule has 0 radical (unpaired) electrons. The molecule has 1 aliphatic carbocycles. The highest BCUT2D eigenvalue weighted by molar-refractivity contribution is 5.81. The van der Waals surface area contributed by atoms with Crippen molar-refractivity contribution in [2.75, 3.05) is 0 Å². The van der Waals surface area contributed by atoms with Crippen molar-refractivity contribution in [2.45, 2.75) is 18.8 Å². The molecule has 5 rings (SSSR count). The molecule has 1 N–H and O–H groups in total. The first-order valence-corrected chi connectivity index (χ1v) is 7.85. The van der Waals surface area contributed by atoms with E-state index in [0.717, 1.165) is 33.3 Å². The van der Waals surface area contributed by atoms with Crippen molar-refractivity contribution < 1.29 is 0 Å². The molecule has 0 saturated heterocycles. The van der Waals surface area contributed by atoms with Gasteiger partial charge in [-0.1, -0.05) is 30.3 Å². The normalized spacial score (nSPS) is 14.4. The topological polar surface area (TPSA) is 58.9 Å². The number of aromatic nitrogens is 5. The van der Waals surface area contributed by atoms with Gasteiger partial charge in [0.05, 0.1) is 16.6 Å². The van der Waals surface area contributed by atoms with Crippen LogP contribution in [-0.2, 0) is 0 Å². The van der Waals surface area contributed by atoms with Crippen molar-refractivity contribution in [1.29, 1.82) is 0 Å². The molecule has 1 aliphatic rings. The monoisotopic (exact) mass is 301 g/mol. The summed E-state index contributed by atoms with van der Waals surface area (Å²) in [7, 11) is 0. The quantitative estimate of drug-likeness (QED) is 0.582. The van der Waals surface area contributed by atoms with Crippen molar-refractivity contribution in [3.63, 3.8) is 0 Å². The Morgan fingerprint density at radius 1 is 0.957 bits per heavy atom. The van der Waals surface area contributed by atoms with Crippen molar-refractivity contribution in [3.8, 4) is 0 Å². The maximum atomic E-state index is 4.90. The fourth-order valence-electron chi connectivity index (χ4n) is 2.94. The standard InChI is InChI=1S/C18H15N5/c1-4-8-16-13(5-1)11-19-14-6-2-3-7-15(14)20-18-17(12-9-10-12)21-22-23(16)18/h1-8,11-12,22H,9-10H2. The lowest BCUT2D eigenvalue weighted by atomic mass is 10.2. The summed E-state index contributed by atoms with van der Waals surface area (Å²) >= 11 is 0. The Bertz CT molecular complexity index is 1090. The molecule has 2 aromatic heterocycles. The maximum absolute atomic E-state index is 4.90. The van der Waals surface area contributed by atoms with Gasteiger partial charge in [-0.15, -0.1) is 0 Å². The molecule has 4 aromatic rings. The Hall–Kier alpha value is -2.95. The molecule has 1 saturated carbocycles. The molecular weight excluding hydrogens is 286 g/mol. The number of nitrogens with zero attached hydrogens (tertiary/aromatic N) is 4. The second-order valence-corrected chi connectivity index (χ2v) is 5.95. The van der Waals surface area contributed by atoms with Crippen LogP contribution in [0, 0.1) is 0 Å². The summed E-state index contributed by atoms with van der Waals surface area (Å²) in [5.41, 5.74) is 4.70. The molecule has 0 unspecified atom stereocenters. The van der Waals surface area contributed by atoms with Gasteiger partial charge in [0.2, 0.25) is 0 Å². The van der Waals surface area contributed by atoms with Crippen LogP contribution in [0.5, 0.6) is 0 Å². The first-order chi connectivity index (χ1) is 11.4. The minimum atomic E-state index is 0.521. The van der Waals surface area contributed by atoms with E-state index in [2.05, 4.69) is 27.4 Å². The van der Waals surface area contributed by atoms with Crippen LogP contribution >= 0.6 is 0 Å². The minimum absolute atomic E-state index is 0.521. The maximum Gasteiger partial charge on any atom is 0.177 e. The molecule has 0 spiro atoms. The molecule has 0 atom stereocenters. The lowest BCUT2D eigenvalue weighted by Gasteiger charge is -1.96. The number of aromatic amines is 1. The van der Waals surface area contributed by atoms with Gasteiger partial charge in [0.25, 0.3) is 0 Å². The van der Waals surface area contributed by atoms with Crippen LogP contribution in [-0.4, -0.2) is 24.8 Å². The molecule has 112 valence electrons. The summed E-state index contributed by atoms with van der Waals surface area (Å²) in [5, 5.41) is 8.73. The molecular formula is C18H15N5. The van der Waals surface area contributed by atoms with E-state index in [1.165, 1.54) is 12.8 Å². The third kappa shape index (κ3) is 2.04. The predicted molar refractivity (Wildman–Crippen MR) is 89.7 cm³/mol. The molecule has 2 aromatic carbocycles. The van der Waals surface area contributed by atoms with Gasteiger partial charge in [0.1, 0.15) is 5.69 Å². The highest BCUT2D eigenvalue weighted by atomic mass is 15.4. The molecule has 2 heterocycles. The summed E-state index contributed by atoms with van der Waals surface area (Å²) in [6, 6.07) is 16.1. The first-order valence-electron chi connectivity index (χ1n) is 7.85. The van der Waals surface area contributed by atoms with Crippen LogP contribution < -0.4 is 0 Å². The van der Waals surface area contributed by atoms with E-state index in [9.17, 15) is 0 Å².